The second-order valence-electron chi connectivity index (χ2n) is 5.67. The molecule has 124 valence electrons. The lowest BCUT2D eigenvalue weighted by atomic mass is 10.2. The van der Waals surface area contributed by atoms with Crippen molar-refractivity contribution in [3.8, 4) is 11.4 Å². The molecule has 0 unspecified atom stereocenters. The fourth-order valence-electron chi connectivity index (χ4n) is 2.42. The van der Waals surface area contributed by atoms with Crippen LogP contribution in [-0.4, -0.2) is 38.6 Å². The second kappa shape index (κ2) is 5.41. The van der Waals surface area contributed by atoms with Crippen LogP contribution in [0.4, 0.5) is 5.69 Å². The van der Waals surface area contributed by atoms with Crippen LogP contribution in [0.1, 0.15) is 24.6 Å². The first-order chi connectivity index (χ1) is 11.5. The Balaban J connectivity index is 1.70. The molecular formula is C14H15N7O2S. The van der Waals surface area contributed by atoms with Gasteiger partial charge in [0.05, 0.1) is 11.9 Å². The number of sulfonamides is 1. The van der Waals surface area contributed by atoms with Crippen molar-refractivity contribution in [1.82, 2.24) is 30.2 Å². The highest BCUT2D eigenvalue weighted by atomic mass is 32.2. The molecule has 4 rings (SSSR count). The molecule has 10 heteroatoms. The standard InChI is InChI=1S/C14H15N7O2S/c1-21-12(8-15-20-21)24(22,23)19-11-5-3-2-4-10(11)14-16-13(17-18-14)9-6-7-9/h2-5,8-9,19H,6-7H2,1H3,(H,16,17,18). The highest BCUT2D eigenvalue weighted by Gasteiger charge is 2.28. The average molecular weight is 345 g/mol. The van der Waals surface area contributed by atoms with Crippen LogP contribution < -0.4 is 4.72 Å². The Hall–Kier alpha value is -2.75. The molecule has 1 aliphatic carbocycles. The van der Waals surface area contributed by atoms with Gasteiger partial charge in [0.15, 0.2) is 10.9 Å². The van der Waals surface area contributed by atoms with Crippen molar-refractivity contribution in [2.45, 2.75) is 23.8 Å². The van der Waals surface area contributed by atoms with E-state index in [1.54, 1.807) is 18.2 Å². The van der Waals surface area contributed by atoms with Crippen LogP contribution in [-0.2, 0) is 17.1 Å². The van der Waals surface area contributed by atoms with Crippen molar-refractivity contribution in [3.05, 3.63) is 36.3 Å². The minimum absolute atomic E-state index is 0.0223. The number of aromatic amines is 1. The van der Waals surface area contributed by atoms with Crippen LogP contribution in [0.25, 0.3) is 11.4 Å². The van der Waals surface area contributed by atoms with E-state index in [1.807, 2.05) is 6.07 Å². The van der Waals surface area contributed by atoms with Crippen molar-refractivity contribution in [2.24, 2.45) is 7.05 Å². The predicted octanol–water partition coefficient (Wildman–Crippen LogP) is 1.28. The minimum Gasteiger partial charge on any atom is -0.278 e. The van der Waals surface area contributed by atoms with Crippen LogP contribution in [0.5, 0.6) is 0 Å². The number of hydrogen-bond donors (Lipinski definition) is 2. The molecule has 3 aromatic rings. The Labute approximate surface area is 138 Å². The van der Waals surface area contributed by atoms with Crippen LogP contribution in [0.2, 0.25) is 0 Å². The minimum atomic E-state index is -3.81. The molecule has 9 nitrogen and oxygen atoms in total. The Kier molecular flexibility index (Phi) is 3.34. The zero-order chi connectivity index (χ0) is 16.7. The van der Waals surface area contributed by atoms with E-state index in [0.29, 0.717) is 23.0 Å². The quantitative estimate of drug-likeness (QED) is 0.719. The first-order valence-electron chi connectivity index (χ1n) is 7.44. The third-order valence-corrected chi connectivity index (χ3v) is 5.24. The van der Waals surface area contributed by atoms with Gasteiger partial charge >= 0.3 is 0 Å². The van der Waals surface area contributed by atoms with Crippen molar-refractivity contribution < 1.29 is 8.42 Å². The Morgan fingerprint density at radius 3 is 2.79 bits per heavy atom. The molecule has 2 N–H and O–H groups in total. The summed E-state index contributed by atoms with van der Waals surface area (Å²) in [7, 11) is -2.29. The van der Waals surface area contributed by atoms with E-state index in [4.69, 9.17) is 0 Å². The second-order valence-corrected chi connectivity index (χ2v) is 7.29. The van der Waals surface area contributed by atoms with E-state index in [1.165, 1.54) is 17.9 Å². The molecule has 2 aromatic heterocycles. The highest BCUT2D eigenvalue weighted by molar-refractivity contribution is 7.92. The molecule has 0 aliphatic heterocycles. The molecule has 0 atom stereocenters. The molecule has 1 aromatic carbocycles. The molecule has 1 fully saturated rings. The molecule has 0 spiro atoms. The molecule has 0 radical (unpaired) electrons. The van der Waals surface area contributed by atoms with E-state index in [-0.39, 0.29) is 5.03 Å². The van der Waals surface area contributed by atoms with Crippen molar-refractivity contribution in [3.63, 3.8) is 0 Å². The summed E-state index contributed by atoms with van der Waals surface area (Å²) in [4.78, 5) is 4.48. The average Bonchev–Trinajstić information content (AvgIpc) is 3.11. The molecule has 0 amide bonds. The fourth-order valence-corrected chi connectivity index (χ4v) is 3.56. The van der Waals surface area contributed by atoms with Gasteiger partial charge in [-0.1, -0.05) is 17.3 Å². The van der Waals surface area contributed by atoms with Gasteiger partial charge in [0.2, 0.25) is 0 Å². The summed E-state index contributed by atoms with van der Waals surface area (Å²) in [5.74, 6) is 1.76. The first-order valence-corrected chi connectivity index (χ1v) is 8.92. The number of para-hydroxylation sites is 1. The van der Waals surface area contributed by atoms with Gasteiger partial charge in [-0.05, 0) is 25.0 Å². The van der Waals surface area contributed by atoms with E-state index < -0.39 is 10.0 Å². The molecule has 0 bridgehead atoms. The maximum absolute atomic E-state index is 12.5. The van der Waals surface area contributed by atoms with E-state index in [0.717, 1.165) is 18.7 Å². The summed E-state index contributed by atoms with van der Waals surface area (Å²) in [6.45, 7) is 0. The van der Waals surface area contributed by atoms with Crippen molar-refractivity contribution in [2.75, 3.05) is 4.72 Å². The van der Waals surface area contributed by atoms with E-state index >= 15 is 0 Å². The molecule has 1 saturated carbocycles. The van der Waals surface area contributed by atoms with Gasteiger partial charge in [-0.15, -0.1) is 5.10 Å². The molecule has 0 saturated heterocycles. The third kappa shape index (κ3) is 2.64. The van der Waals surface area contributed by atoms with Crippen molar-refractivity contribution in [1.29, 1.82) is 0 Å². The maximum atomic E-state index is 12.5. The molecule has 2 heterocycles. The summed E-state index contributed by atoms with van der Waals surface area (Å²) < 4.78 is 28.8. The largest absolute Gasteiger partial charge is 0.280 e. The van der Waals surface area contributed by atoms with Gasteiger partial charge in [0.1, 0.15) is 5.82 Å². The SMILES string of the molecule is Cn1nncc1S(=O)(=O)Nc1ccccc1-c1n[nH]c(C2CC2)n1. The number of hydrogen-bond acceptors (Lipinski definition) is 6. The molecular weight excluding hydrogens is 330 g/mol. The van der Waals surface area contributed by atoms with E-state index in [2.05, 4.69) is 30.2 Å². The highest BCUT2D eigenvalue weighted by Crippen LogP contribution is 2.38. The van der Waals surface area contributed by atoms with E-state index in [9.17, 15) is 8.42 Å². The lowest BCUT2D eigenvalue weighted by Gasteiger charge is -2.10. The maximum Gasteiger partial charge on any atom is 0.280 e. The van der Waals surface area contributed by atoms with Gasteiger partial charge in [0, 0.05) is 18.5 Å². The number of H-pyrrole nitrogens is 1. The number of benzene rings is 1. The smallest absolute Gasteiger partial charge is 0.278 e. The summed E-state index contributed by atoms with van der Waals surface area (Å²) in [5, 5.41) is 14.4. The topological polar surface area (TPSA) is 118 Å². The number of nitrogens with one attached hydrogen (secondary N) is 2. The van der Waals surface area contributed by atoms with Gasteiger partial charge in [-0.3, -0.25) is 9.82 Å². The van der Waals surface area contributed by atoms with Gasteiger partial charge in [0.25, 0.3) is 10.0 Å². The van der Waals surface area contributed by atoms with Gasteiger partial charge in [-0.25, -0.2) is 9.67 Å². The predicted molar refractivity (Wildman–Crippen MR) is 85.6 cm³/mol. The van der Waals surface area contributed by atoms with Crippen LogP contribution in [0.3, 0.4) is 0 Å². The van der Waals surface area contributed by atoms with Crippen LogP contribution in [0, 0.1) is 0 Å². The van der Waals surface area contributed by atoms with Crippen LogP contribution >= 0.6 is 0 Å². The monoisotopic (exact) mass is 345 g/mol. The third-order valence-electron chi connectivity index (χ3n) is 3.83. The normalized spacial score (nSPS) is 14.7. The lowest BCUT2D eigenvalue weighted by molar-refractivity contribution is 0.579. The Morgan fingerprint density at radius 2 is 2.08 bits per heavy atom. The molecule has 24 heavy (non-hydrogen) atoms. The lowest BCUT2D eigenvalue weighted by Crippen LogP contribution is -2.17. The van der Waals surface area contributed by atoms with Crippen molar-refractivity contribution >= 4 is 15.7 Å². The van der Waals surface area contributed by atoms with Gasteiger partial charge in [-0.2, -0.15) is 13.5 Å². The first kappa shape index (κ1) is 14.8. The Bertz CT molecular complexity index is 988. The number of aryl methyl sites for hydroxylation is 1. The number of anilines is 1. The molecule has 1 aliphatic rings. The summed E-state index contributed by atoms with van der Waals surface area (Å²) in [5.41, 5.74) is 1.01. The number of aromatic nitrogens is 6. The van der Waals surface area contributed by atoms with Gasteiger partial charge < -0.3 is 0 Å². The fraction of sp³-hybridized carbons (Fsp3) is 0.286. The van der Waals surface area contributed by atoms with Crippen LogP contribution in [0.15, 0.2) is 35.5 Å². The number of rotatable bonds is 5. The summed E-state index contributed by atoms with van der Waals surface area (Å²) in [6, 6.07) is 7.01. The zero-order valence-electron chi connectivity index (χ0n) is 12.8. The number of nitrogens with zero attached hydrogens (tertiary/aromatic N) is 5. The summed E-state index contributed by atoms with van der Waals surface area (Å²) >= 11 is 0. The summed E-state index contributed by atoms with van der Waals surface area (Å²) in [6.07, 6.45) is 3.41. The Morgan fingerprint density at radius 1 is 1.29 bits per heavy atom. The zero-order valence-corrected chi connectivity index (χ0v) is 13.7.